The SMILES string of the molecule is Fc1ccc2c(c1)CC(CNc1ccc3c(c1)CCC3)O2. The molecule has 0 amide bonds. The minimum absolute atomic E-state index is 0.0788. The summed E-state index contributed by atoms with van der Waals surface area (Å²) >= 11 is 0. The third-order valence-corrected chi connectivity index (χ3v) is 4.40. The highest BCUT2D eigenvalue weighted by atomic mass is 19.1. The van der Waals surface area contributed by atoms with Crippen molar-refractivity contribution < 1.29 is 9.13 Å². The summed E-state index contributed by atoms with van der Waals surface area (Å²) in [5.74, 6) is 0.627. The highest BCUT2D eigenvalue weighted by molar-refractivity contribution is 5.50. The molecule has 0 fully saturated rings. The Kier molecular flexibility index (Phi) is 3.06. The van der Waals surface area contributed by atoms with Crippen LogP contribution in [0.3, 0.4) is 0 Å². The summed E-state index contributed by atoms with van der Waals surface area (Å²) in [5.41, 5.74) is 5.08. The number of aryl methyl sites for hydroxylation is 2. The molecule has 0 radical (unpaired) electrons. The van der Waals surface area contributed by atoms with Gasteiger partial charge in [-0.2, -0.15) is 0 Å². The first kappa shape index (κ1) is 12.7. The van der Waals surface area contributed by atoms with Gasteiger partial charge in [0, 0.05) is 17.7 Å². The minimum Gasteiger partial charge on any atom is -0.488 e. The number of halogens is 1. The van der Waals surface area contributed by atoms with Gasteiger partial charge >= 0.3 is 0 Å². The van der Waals surface area contributed by atoms with Gasteiger partial charge < -0.3 is 10.1 Å². The lowest BCUT2D eigenvalue weighted by atomic mass is 10.1. The predicted molar refractivity (Wildman–Crippen MR) is 81.5 cm³/mol. The Morgan fingerprint density at radius 3 is 2.90 bits per heavy atom. The van der Waals surface area contributed by atoms with E-state index < -0.39 is 0 Å². The van der Waals surface area contributed by atoms with Crippen LogP contribution in [0.1, 0.15) is 23.1 Å². The van der Waals surface area contributed by atoms with Crippen molar-refractivity contribution in [3.8, 4) is 5.75 Å². The Balaban J connectivity index is 1.40. The molecule has 2 aromatic carbocycles. The molecule has 0 spiro atoms. The first-order valence-corrected chi connectivity index (χ1v) is 7.59. The number of ether oxygens (including phenoxy) is 1. The molecular weight excluding hydrogens is 265 g/mol. The zero-order chi connectivity index (χ0) is 14.2. The maximum atomic E-state index is 13.2. The number of hydrogen-bond acceptors (Lipinski definition) is 2. The summed E-state index contributed by atoms with van der Waals surface area (Å²) in [6.45, 7) is 0.745. The van der Waals surface area contributed by atoms with Crippen molar-refractivity contribution in [2.24, 2.45) is 0 Å². The number of nitrogens with one attached hydrogen (secondary N) is 1. The molecule has 2 aliphatic rings. The van der Waals surface area contributed by atoms with E-state index in [1.165, 1.54) is 36.5 Å². The molecule has 1 atom stereocenters. The fourth-order valence-corrected chi connectivity index (χ4v) is 3.32. The first-order valence-electron chi connectivity index (χ1n) is 7.59. The van der Waals surface area contributed by atoms with Gasteiger partial charge in [-0.15, -0.1) is 0 Å². The zero-order valence-electron chi connectivity index (χ0n) is 11.9. The molecule has 0 saturated carbocycles. The largest absolute Gasteiger partial charge is 0.488 e. The second-order valence-corrected chi connectivity index (χ2v) is 5.91. The van der Waals surface area contributed by atoms with Crippen molar-refractivity contribution in [2.45, 2.75) is 31.8 Å². The van der Waals surface area contributed by atoms with E-state index in [0.29, 0.717) is 0 Å². The molecule has 21 heavy (non-hydrogen) atoms. The summed E-state index contributed by atoms with van der Waals surface area (Å²) < 4.78 is 19.0. The Morgan fingerprint density at radius 1 is 1.05 bits per heavy atom. The van der Waals surface area contributed by atoms with Crippen LogP contribution in [-0.2, 0) is 19.3 Å². The van der Waals surface area contributed by atoms with E-state index in [1.54, 1.807) is 12.1 Å². The van der Waals surface area contributed by atoms with Gasteiger partial charge in [0.05, 0.1) is 6.54 Å². The fraction of sp³-hybridized carbons (Fsp3) is 0.333. The van der Waals surface area contributed by atoms with Crippen LogP contribution in [0.4, 0.5) is 10.1 Å². The molecular formula is C18H18FNO. The molecule has 1 aliphatic carbocycles. The van der Waals surface area contributed by atoms with Gasteiger partial charge in [0.1, 0.15) is 17.7 Å². The third kappa shape index (κ3) is 2.48. The Morgan fingerprint density at radius 2 is 1.95 bits per heavy atom. The number of rotatable bonds is 3. The van der Waals surface area contributed by atoms with Crippen molar-refractivity contribution in [2.75, 3.05) is 11.9 Å². The summed E-state index contributed by atoms with van der Waals surface area (Å²) in [6, 6.07) is 11.4. The van der Waals surface area contributed by atoms with Crippen LogP contribution in [0, 0.1) is 5.82 Å². The summed E-state index contributed by atoms with van der Waals surface area (Å²) in [7, 11) is 0. The van der Waals surface area contributed by atoms with Crippen molar-refractivity contribution in [1.82, 2.24) is 0 Å². The van der Waals surface area contributed by atoms with E-state index in [-0.39, 0.29) is 11.9 Å². The molecule has 0 aromatic heterocycles. The molecule has 0 bridgehead atoms. The van der Waals surface area contributed by atoms with E-state index in [4.69, 9.17) is 4.74 Å². The van der Waals surface area contributed by atoms with E-state index >= 15 is 0 Å². The normalized spacial score (nSPS) is 19.0. The molecule has 1 heterocycles. The summed E-state index contributed by atoms with van der Waals surface area (Å²) in [5, 5.41) is 3.45. The van der Waals surface area contributed by atoms with Crippen molar-refractivity contribution in [3.05, 3.63) is 58.9 Å². The second kappa shape index (κ2) is 5.06. The number of hydrogen-bond donors (Lipinski definition) is 1. The summed E-state index contributed by atoms with van der Waals surface area (Å²) in [4.78, 5) is 0. The molecule has 4 rings (SSSR count). The van der Waals surface area contributed by atoms with E-state index in [2.05, 4.69) is 23.5 Å². The van der Waals surface area contributed by atoms with Crippen LogP contribution < -0.4 is 10.1 Å². The Hall–Kier alpha value is -2.03. The van der Waals surface area contributed by atoms with Gasteiger partial charge in [-0.05, 0) is 60.7 Å². The van der Waals surface area contributed by atoms with Gasteiger partial charge in [-0.3, -0.25) is 0 Å². The van der Waals surface area contributed by atoms with Gasteiger partial charge in [0.2, 0.25) is 0 Å². The van der Waals surface area contributed by atoms with Crippen molar-refractivity contribution >= 4 is 5.69 Å². The predicted octanol–water partition coefficient (Wildman–Crippen LogP) is 3.73. The van der Waals surface area contributed by atoms with Crippen LogP contribution in [0.2, 0.25) is 0 Å². The molecule has 1 aliphatic heterocycles. The maximum Gasteiger partial charge on any atom is 0.123 e. The second-order valence-electron chi connectivity index (χ2n) is 5.91. The number of anilines is 1. The van der Waals surface area contributed by atoms with Crippen LogP contribution >= 0.6 is 0 Å². The average Bonchev–Trinajstić information content (AvgIpc) is 3.09. The Labute approximate surface area is 123 Å². The molecule has 1 N–H and O–H groups in total. The fourth-order valence-electron chi connectivity index (χ4n) is 3.32. The lowest BCUT2D eigenvalue weighted by Gasteiger charge is -2.13. The van der Waals surface area contributed by atoms with E-state index in [1.807, 2.05) is 0 Å². The highest BCUT2D eigenvalue weighted by Gasteiger charge is 2.23. The smallest absolute Gasteiger partial charge is 0.123 e. The van der Waals surface area contributed by atoms with Crippen LogP contribution in [0.25, 0.3) is 0 Å². The maximum absolute atomic E-state index is 13.2. The van der Waals surface area contributed by atoms with Crippen LogP contribution in [0.5, 0.6) is 5.75 Å². The Bertz CT molecular complexity index is 683. The monoisotopic (exact) mass is 283 g/mol. The topological polar surface area (TPSA) is 21.3 Å². The highest BCUT2D eigenvalue weighted by Crippen LogP contribution is 2.30. The molecule has 3 heteroatoms. The number of benzene rings is 2. The van der Waals surface area contributed by atoms with Crippen molar-refractivity contribution in [1.29, 1.82) is 0 Å². The zero-order valence-corrected chi connectivity index (χ0v) is 11.9. The third-order valence-electron chi connectivity index (χ3n) is 4.40. The van der Waals surface area contributed by atoms with Gasteiger partial charge in [0.25, 0.3) is 0 Å². The molecule has 1 unspecified atom stereocenters. The minimum atomic E-state index is -0.190. The van der Waals surface area contributed by atoms with Gasteiger partial charge in [0.15, 0.2) is 0 Å². The molecule has 0 saturated heterocycles. The van der Waals surface area contributed by atoms with Crippen molar-refractivity contribution in [3.63, 3.8) is 0 Å². The summed E-state index contributed by atoms with van der Waals surface area (Å²) in [6.07, 6.45) is 4.52. The van der Waals surface area contributed by atoms with Gasteiger partial charge in [-0.1, -0.05) is 6.07 Å². The van der Waals surface area contributed by atoms with Crippen LogP contribution in [-0.4, -0.2) is 12.6 Å². The average molecular weight is 283 g/mol. The van der Waals surface area contributed by atoms with E-state index in [0.717, 1.165) is 30.0 Å². The number of fused-ring (bicyclic) bond motifs is 2. The molecule has 108 valence electrons. The quantitative estimate of drug-likeness (QED) is 0.926. The molecule has 2 nitrogen and oxygen atoms in total. The first-order chi connectivity index (χ1) is 10.3. The lowest BCUT2D eigenvalue weighted by Crippen LogP contribution is -2.23. The van der Waals surface area contributed by atoms with E-state index in [9.17, 15) is 4.39 Å². The van der Waals surface area contributed by atoms with Gasteiger partial charge in [-0.25, -0.2) is 4.39 Å². The molecule has 2 aromatic rings. The van der Waals surface area contributed by atoms with Crippen LogP contribution in [0.15, 0.2) is 36.4 Å². The standard InChI is InChI=1S/C18H18FNO/c19-15-5-7-18-14(8-15)10-17(21-18)11-20-16-6-4-12-2-1-3-13(12)9-16/h4-9,17,20H,1-3,10-11H2. The lowest BCUT2D eigenvalue weighted by molar-refractivity contribution is 0.246.